The molecule has 2 radical (unpaired) electrons. The second kappa shape index (κ2) is 8.53. The number of oxime groups is 1. The van der Waals surface area contributed by atoms with E-state index in [1.54, 1.807) is 12.3 Å². The number of hydrogen-bond acceptors (Lipinski definition) is 8. The second-order valence-corrected chi connectivity index (χ2v) is 5.15. The molecule has 0 bridgehead atoms. The standard InChI is InChI=1S/C12H15BN2O5S/c1-3-4-10(12(18)19-13)20-15-11(9(17)5-16)8-6-21-7(2)14-8/h6,10,16H,3-5H2,1-2H3/b15-11-/t10-/m0/s1. The van der Waals surface area contributed by atoms with Crippen LogP contribution in [0.25, 0.3) is 0 Å². The molecule has 0 amide bonds. The quantitative estimate of drug-likeness (QED) is 0.427. The van der Waals surface area contributed by atoms with Gasteiger partial charge in [-0.05, 0) is 13.3 Å². The molecular weight excluding hydrogens is 295 g/mol. The number of thiazole rings is 1. The van der Waals surface area contributed by atoms with Gasteiger partial charge < -0.3 is 14.6 Å². The van der Waals surface area contributed by atoms with E-state index in [-0.39, 0.29) is 11.4 Å². The molecule has 1 aromatic rings. The number of aliphatic hydroxyl groups is 1. The van der Waals surface area contributed by atoms with Gasteiger partial charge in [-0.15, -0.1) is 11.3 Å². The molecule has 1 heterocycles. The Kier molecular flexibility index (Phi) is 7.03. The smallest absolute Gasteiger partial charge is 0.378 e. The third-order valence-corrected chi connectivity index (χ3v) is 3.24. The third-order valence-electron chi connectivity index (χ3n) is 2.47. The number of aromatic nitrogens is 1. The molecule has 0 fully saturated rings. The summed E-state index contributed by atoms with van der Waals surface area (Å²) in [5.41, 5.74) is 0.140. The van der Waals surface area contributed by atoms with Crippen molar-refractivity contribution < 1.29 is 24.2 Å². The first-order valence-electron chi connectivity index (χ1n) is 6.24. The highest BCUT2D eigenvalue weighted by Gasteiger charge is 2.22. The van der Waals surface area contributed by atoms with Crippen LogP contribution < -0.4 is 0 Å². The molecule has 9 heteroatoms. The van der Waals surface area contributed by atoms with Crippen molar-refractivity contribution in [3.63, 3.8) is 0 Å². The van der Waals surface area contributed by atoms with E-state index in [9.17, 15) is 9.59 Å². The van der Waals surface area contributed by atoms with Gasteiger partial charge in [0.15, 0.2) is 5.71 Å². The fourth-order valence-electron chi connectivity index (χ4n) is 1.46. The zero-order valence-electron chi connectivity index (χ0n) is 11.7. The van der Waals surface area contributed by atoms with Gasteiger partial charge in [0.25, 0.3) is 0 Å². The van der Waals surface area contributed by atoms with Crippen LogP contribution in [0.15, 0.2) is 10.5 Å². The molecule has 0 spiro atoms. The largest absolute Gasteiger partial charge is 0.541 e. The number of carbonyl (C=O) groups excluding carboxylic acids is 2. The van der Waals surface area contributed by atoms with Crippen LogP contribution in [0, 0.1) is 6.92 Å². The molecule has 0 saturated heterocycles. The summed E-state index contributed by atoms with van der Waals surface area (Å²) >= 11 is 1.32. The van der Waals surface area contributed by atoms with E-state index in [2.05, 4.69) is 14.8 Å². The lowest BCUT2D eigenvalue weighted by Crippen LogP contribution is -2.26. The number of ketones is 1. The van der Waals surface area contributed by atoms with E-state index in [0.29, 0.717) is 12.8 Å². The van der Waals surface area contributed by atoms with Crippen LogP contribution in [0.5, 0.6) is 0 Å². The summed E-state index contributed by atoms with van der Waals surface area (Å²) in [5, 5.41) is 15.0. The Morgan fingerprint density at radius 1 is 1.57 bits per heavy atom. The molecule has 0 aromatic carbocycles. The average molecular weight is 310 g/mol. The summed E-state index contributed by atoms with van der Waals surface area (Å²) in [6.45, 7) is 2.87. The lowest BCUT2D eigenvalue weighted by molar-refractivity contribution is -0.147. The number of aliphatic hydroxyl groups excluding tert-OH is 1. The van der Waals surface area contributed by atoms with Gasteiger partial charge >= 0.3 is 14.0 Å². The summed E-state index contributed by atoms with van der Waals surface area (Å²) in [4.78, 5) is 32.3. The van der Waals surface area contributed by atoms with Crippen molar-refractivity contribution in [3.05, 3.63) is 16.1 Å². The van der Waals surface area contributed by atoms with Crippen LogP contribution >= 0.6 is 11.3 Å². The van der Waals surface area contributed by atoms with Gasteiger partial charge in [-0.3, -0.25) is 4.79 Å². The van der Waals surface area contributed by atoms with E-state index in [1.807, 2.05) is 6.92 Å². The Morgan fingerprint density at radius 3 is 2.76 bits per heavy atom. The monoisotopic (exact) mass is 310 g/mol. The fraction of sp³-hybridized carbons (Fsp3) is 0.500. The van der Waals surface area contributed by atoms with E-state index in [0.717, 1.165) is 5.01 Å². The molecule has 7 nitrogen and oxygen atoms in total. The molecule has 0 saturated carbocycles. The number of nitrogens with zero attached hydrogens (tertiary/aromatic N) is 2. The maximum Gasteiger partial charge on any atom is 0.378 e. The predicted molar refractivity (Wildman–Crippen MR) is 77.1 cm³/mol. The van der Waals surface area contributed by atoms with Crippen LogP contribution in [0.4, 0.5) is 0 Å². The fourth-order valence-corrected chi connectivity index (χ4v) is 2.05. The van der Waals surface area contributed by atoms with Crippen LogP contribution in [0.3, 0.4) is 0 Å². The number of carbonyl (C=O) groups is 2. The van der Waals surface area contributed by atoms with Crippen LogP contribution in [0.2, 0.25) is 0 Å². The van der Waals surface area contributed by atoms with E-state index in [4.69, 9.17) is 18.0 Å². The molecule has 0 aliphatic rings. The van der Waals surface area contributed by atoms with E-state index in [1.165, 1.54) is 11.3 Å². The van der Waals surface area contributed by atoms with Crippen molar-refractivity contribution in [1.29, 1.82) is 0 Å². The van der Waals surface area contributed by atoms with Gasteiger partial charge in [0, 0.05) is 5.38 Å². The van der Waals surface area contributed by atoms with Crippen molar-refractivity contribution in [2.75, 3.05) is 6.61 Å². The molecular formula is C12H15BN2O5S. The third kappa shape index (κ3) is 4.94. The molecule has 112 valence electrons. The SMILES string of the molecule is [B]OC(=O)[C@H](CCC)O/N=C(\C(=O)CO)c1csc(C)n1. The number of Topliss-reactive ketones (excluding diaryl/α,β-unsaturated/α-hetero) is 1. The normalized spacial score (nSPS) is 12.8. The highest BCUT2D eigenvalue weighted by atomic mass is 32.1. The molecule has 0 unspecified atom stereocenters. The first-order valence-corrected chi connectivity index (χ1v) is 7.12. The minimum atomic E-state index is -1.01. The van der Waals surface area contributed by atoms with Gasteiger partial charge in [0.2, 0.25) is 11.9 Å². The van der Waals surface area contributed by atoms with Crippen LogP contribution in [-0.4, -0.2) is 48.3 Å². The minimum Gasteiger partial charge on any atom is -0.541 e. The zero-order valence-corrected chi connectivity index (χ0v) is 12.6. The van der Waals surface area contributed by atoms with Crippen molar-refractivity contribution in [3.8, 4) is 0 Å². The van der Waals surface area contributed by atoms with Gasteiger partial charge in [-0.2, -0.15) is 0 Å². The molecule has 1 rings (SSSR count). The summed E-state index contributed by atoms with van der Waals surface area (Å²) in [7, 11) is 4.81. The van der Waals surface area contributed by atoms with Gasteiger partial charge in [-0.25, -0.2) is 9.78 Å². The van der Waals surface area contributed by atoms with Gasteiger partial charge in [0.05, 0.1) is 5.01 Å². The molecule has 1 N–H and O–H groups in total. The van der Waals surface area contributed by atoms with Crippen LogP contribution in [0.1, 0.15) is 30.5 Å². The van der Waals surface area contributed by atoms with Crippen molar-refractivity contribution >= 4 is 36.9 Å². The second-order valence-electron chi connectivity index (χ2n) is 4.09. The van der Waals surface area contributed by atoms with Gasteiger partial charge in [0.1, 0.15) is 12.3 Å². The van der Waals surface area contributed by atoms with Crippen molar-refractivity contribution in [1.82, 2.24) is 4.98 Å². The summed E-state index contributed by atoms with van der Waals surface area (Å²) < 4.78 is 4.11. The first kappa shape index (κ1) is 17.3. The predicted octanol–water partition coefficient (Wildman–Crippen LogP) is 0.529. The number of hydrogen-bond donors (Lipinski definition) is 1. The first-order chi connectivity index (χ1) is 10.0. The lowest BCUT2D eigenvalue weighted by atomic mass is 10.2. The highest BCUT2D eigenvalue weighted by molar-refractivity contribution is 7.09. The van der Waals surface area contributed by atoms with Crippen molar-refractivity contribution in [2.24, 2.45) is 5.16 Å². The van der Waals surface area contributed by atoms with E-state index < -0.39 is 24.5 Å². The lowest BCUT2D eigenvalue weighted by Gasteiger charge is -2.12. The maximum atomic E-state index is 11.7. The number of rotatable bonds is 8. The maximum absolute atomic E-state index is 11.7. The Bertz CT molecular complexity index is 531. The summed E-state index contributed by atoms with van der Waals surface area (Å²) in [6.07, 6.45) is -0.0499. The molecule has 1 atom stereocenters. The van der Waals surface area contributed by atoms with Crippen LogP contribution in [-0.2, 0) is 19.1 Å². The Hall–Kier alpha value is -1.74. The summed E-state index contributed by atoms with van der Waals surface area (Å²) in [6, 6.07) is 0. The number of aryl methyl sites for hydroxylation is 1. The average Bonchev–Trinajstić information content (AvgIpc) is 2.91. The Balaban J connectivity index is 2.97. The molecule has 1 aromatic heterocycles. The molecule has 0 aliphatic heterocycles. The van der Waals surface area contributed by atoms with E-state index >= 15 is 0 Å². The zero-order chi connectivity index (χ0) is 15.8. The topological polar surface area (TPSA) is 98.1 Å². The minimum absolute atomic E-state index is 0.146. The van der Waals surface area contributed by atoms with Crippen molar-refractivity contribution in [2.45, 2.75) is 32.8 Å². The highest BCUT2D eigenvalue weighted by Crippen LogP contribution is 2.12. The van der Waals surface area contributed by atoms with Gasteiger partial charge in [-0.1, -0.05) is 18.5 Å². The molecule has 0 aliphatic carbocycles. The Morgan fingerprint density at radius 2 is 2.29 bits per heavy atom. The summed E-state index contributed by atoms with van der Waals surface area (Å²) in [5.74, 6) is -1.44. The molecule has 21 heavy (non-hydrogen) atoms. The Labute approximate surface area is 127 Å².